The molecule has 1 aliphatic heterocycles. The maximum atomic E-state index is 11.2. The van der Waals surface area contributed by atoms with Crippen LogP contribution in [0.2, 0.25) is 0 Å². The first kappa shape index (κ1) is 13.9. The molecule has 3 unspecified atom stereocenters. The van der Waals surface area contributed by atoms with Crippen molar-refractivity contribution < 1.29 is 4.79 Å². The second kappa shape index (κ2) is 6.58. The maximum Gasteiger partial charge on any atom is 0.221 e. The number of carbonyl (C=O) groups excluding carboxylic acids is 1. The van der Waals surface area contributed by atoms with Crippen molar-refractivity contribution >= 4 is 5.91 Å². The van der Waals surface area contributed by atoms with E-state index in [1.165, 1.54) is 0 Å². The molecule has 1 saturated heterocycles. The molecule has 0 saturated carbocycles. The van der Waals surface area contributed by atoms with E-state index in [-0.39, 0.29) is 17.9 Å². The molecule has 0 aromatic rings. The number of likely N-dealkylation sites (tertiary alicyclic amines) is 1. The van der Waals surface area contributed by atoms with E-state index in [0.717, 1.165) is 32.4 Å². The minimum Gasteiger partial charge on any atom is -0.369 e. The van der Waals surface area contributed by atoms with Crippen molar-refractivity contribution in [3.8, 4) is 6.07 Å². The summed E-state index contributed by atoms with van der Waals surface area (Å²) < 4.78 is 0. The summed E-state index contributed by atoms with van der Waals surface area (Å²) in [4.78, 5) is 13.5. The van der Waals surface area contributed by atoms with Gasteiger partial charge < -0.3 is 11.1 Å². The van der Waals surface area contributed by atoms with Gasteiger partial charge in [-0.05, 0) is 33.2 Å². The Bertz CT molecular complexity index is 299. The molecule has 0 aromatic heterocycles. The molecule has 0 spiro atoms. The van der Waals surface area contributed by atoms with Crippen LogP contribution in [0.5, 0.6) is 0 Å². The van der Waals surface area contributed by atoms with Gasteiger partial charge in [-0.3, -0.25) is 9.69 Å². The number of piperidine rings is 1. The zero-order chi connectivity index (χ0) is 12.8. The average Bonchev–Trinajstić information content (AvgIpc) is 2.32. The van der Waals surface area contributed by atoms with Crippen molar-refractivity contribution in [2.45, 2.75) is 38.3 Å². The summed E-state index contributed by atoms with van der Waals surface area (Å²) in [6, 6.07) is 2.57. The van der Waals surface area contributed by atoms with Crippen molar-refractivity contribution in [2.24, 2.45) is 11.7 Å². The number of primary amides is 1. The Kier molecular flexibility index (Phi) is 5.39. The lowest BCUT2D eigenvalue weighted by molar-refractivity contribution is -0.123. The molecular formula is C12H22N4O. The summed E-state index contributed by atoms with van der Waals surface area (Å²) in [6.07, 6.45) is 2.67. The quantitative estimate of drug-likeness (QED) is 0.710. The molecule has 3 N–H and O–H groups in total. The number of amides is 1. The Balaban J connectivity index is 2.45. The highest BCUT2D eigenvalue weighted by atomic mass is 16.1. The number of nitrogens with one attached hydrogen (secondary N) is 1. The summed E-state index contributed by atoms with van der Waals surface area (Å²) in [5.41, 5.74) is 5.35. The predicted octanol–water partition coefficient (Wildman–Crippen LogP) is 0.0739. The highest BCUT2D eigenvalue weighted by molar-refractivity contribution is 5.76. The van der Waals surface area contributed by atoms with Crippen molar-refractivity contribution in [3.05, 3.63) is 0 Å². The minimum absolute atomic E-state index is 0.0266. The van der Waals surface area contributed by atoms with E-state index in [1.807, 2.05) is 0 Å². The fraction of sp³-hybridized carbons (Fsp3) is 0.833. The lowest BCUT2D eigenvalue weighted by Crippen LogP contribution is -2.47. The van der Waals surface area contributed by atoms with E-state index in [9.17, 15) is 4.79 Å². The van der Waals surface area contributed by atoms with Gasteiger partial charge in [0.05, 0.1) is 18.0 Å². The zero-order valence-electron chi connectivity index (χ0n) is 10.6. The molecule has 0 aromatic carbocycles. The van der Waals surface area contributed by atoms with E-state index in [0.29, 0.717) is 6.04 Å². The zero-order valence-corrected chi connectivity index (χ0v) is 10.6. The molecule has 0 aliphatic carbocycles. The van der Waals surface area contributed by atoms with Gasteiger partial charge in [0.1, 0.15) is 0 Å². The van der Waals surface area contributed by atoms with Gasteiger partial charge in [0, 0.05) is 19.1 Å². The van der Waals surface area contributed by atoms with Crippen LogP contribution in [-0.4, -0.2) is 43.0 Å². The van der Waals surface area contributed by atoms with Gasteiger partial charge in [-0.25, -0.2) is 0 Å². The number of nitriles is 1. The second-order valence-electron chi connectivity index (χ2n) is 4.78. The average molecular weight is 238 g/mol. The van der Waals surface area contributed by atoms with Crippen molar-refractivity contribution in [3.63, 3.8) is 0 Å². The predicted molar refractivity (Wildman–Crippen MR) is 66.0 cm³/mol. The summed E-state index contributed by atoms with van der Waals surface area (Å²) >= 11 is 0. The number of hydrogen-bond donors (Lipinski definition) is 2. The van der Waals surface area contributed by atoms with E-state index < -0.39 is 0 Å². The normalized spacial score (nSPS) is 27.4. The monoisotopic (exact) mass is 238 g/mol. The summed E-state index contributed by atoms with van der Waals surface area (Å²) in [5, 5.41) is 11.8. The van der Waals surface area contributed by atoms with E-state index in [2.05, 4.69) is 23.2 Å². The van der Waals surface area contributed by atoms with Gasteiger partial charge >= 0.3 is 0 Å². The third-order valence-corrected chi connectivity index (χ3v) is 3.62. The molecule has 5 heteroatoms. The van der Waals surface area contributed by atoms with E-state index in [1.54, 1.807) is 7.05 Å². The maximum absolute atomic E-state index is 11.2. The van der Waals surface area contributed by atoms with Crippen LogP contribution in [0.25, 0.3) is 0 Å². The summed E-state index contributed by atoms with van der Waals surface area (Å²) in [5.74, 6) is -0.228. The van der Waals surface area contributed by atoms with Crippen LogP contribution in [0.3, 0.4) is 0 Å². The number of nitrogens with two attached hydrogens (primary N) is 1. The fourth-order valence-corrected chi connectivity index (χ4v) is 2.29. The van der Waals surface area contributed by atoms with Gasteiger partial charge in [-0.1, -0.05) is 0 Å². The van der Waals surface area contributed by atoms with Gasteiger partial charge in [0.25, 0.3) is 0 Å². The van der Waals surface area contributed by atoms with Crippen molar-refractivity contribution in [1.29, 1.82) is 5.26 Å². The smallest absolute Gasteiger partial charge is 0.221 e. The number of nitrogens with zero attached hydrogens (tertiary/aromatic N) is 2. The molecule has 5 nitrogen and oxygen atoms in total. The number of hydrogen-bond acceptors (Lipinski definition) is 4. The largest absolute Gasteiger partial charge is 0.369 e. The molecule has 1 fully saturated rings. The molecule has 17 heavy (non-hydrogen) atoms. The van der Waals surface area contributed by atoms with Gasteiger partial charge in [-0.2, -0.15) is 5.26 Å². The molecule has 0 bridgehead atoms. The van der Waals surface area contributed by atoms with E-state index >= 15 is 0 Å². The minimum atomic E-state index is -0.202. The highest BCUT2D eigenvalue weighted by Crippen LogP contribution is 2.21. The molecule has 1 aliphatic rings. The molecule has 3 atom stereocenters. The Hall–Kier alpha value is -1.12. The van der Waals surface area contributed by atoms with Gasteiger partial charge in [-0.15, -0.1) is 0 Å². The van der Waals surface area contributed by atoms with Crippen LogP contribution in [0, 0.1) is 17.2 Å². The lowest BCUT2D eigenvalue weighted by atomic mass is 9.92. The van der Waals surface area contributed by atoms with Crippen molar-refractivity contribution in [1.82, 2.24) is 10.2 Å². The first-order valence-corrected chi connectivity index (χ1v) is 6.18. The van der Waals surface area contributed by atoms with Crippen LogP contribution in [0.4, 0.5) is 0 Å². The van der Waals surface area contributed by atoms with Crippen LogP contribution in [0.1, 0.15) is 26.2 Å². The number of rotatable bonds is 5. The number of carbonyl (C=O) groups is 1. The topological polar surface area (TPSA) is 82.2 Å². The molecule has 1 heterocycles. The Morgan fingerprint density at radius 2 is 2.35 bits per heavy atom. The molecule has 1 rings (SSSR count). The fourth-order valence-electron chi connectivity index (χ4n) is 2.29. The van der Waals surface area contributed by atoms with Crippen LogP contribution >= 0.6 is 0 Å². The lowest BCUT2D eigenvalue weighted by Gasteiger charge is -2.37. The SMILES string of the molecule is CNC(C#N)CCN1CC(C(N)=O)CCC1C. The van der Waals surface area contributed by atoms with Gasteiger partial charge in [0.15, 0.2) is 0 Å². The summed E-state index contributed by atoms with van der Waals surface area (Å²) in [6.45, 7) is 3.74. The third-order valence-electron chi connectivity index (χ3n) is 3.62. The first-order chi connectivity index (χ1) is 8.08. The Labute approximate surface area is 103 Å². The Morgan fingerprint density at radius 3 is 2.88 bits per heavy atom. The molecule has 0 radical (unpaired) electrons. The highest BCUT2D eigenvalue weighted by Gasteiger charge is 2.28. The standard InChI is InChI=1S/C12H22N4O/c1-9-3-4-10(12(14)17)8-16(9)6-5-11(7-13)15-2/h9-11,15H,3-6,8H2,1-2H3,(H2,14,17). The van der Waals surface area contributed by atoms with Crippen molar-refractivity contribution in [2.75, 3.05) is 20.1 Å². The van der Waals surface area contributed by atoms with Crippen LogP contribution in [-0.2, 0) is 4.79 Å². The molecule has 1 amide bonds. The third kappa shape index (κ3) is 3.99. The summed E-state index contributed by atoms with van der Waals surface area (Å²) in [7, 11) is 1.79. The second-order valence-corrected chi connectivity index (χ2v) is 4.78. The van der Waals surface area contributed by atoms with Crippen LogP contribution < -0.4 is 11.1 Å². The van der Waals surface area contributed by atoms with Crippen LogP contribution in [0.15, 0.2) is 0 Å². The molecular weight excluding hydrogens is 216 g/mol. The Morgan fingerprint density at radius 1 is 1.65 bits per heavy atom. The molecule has 96 valence electrons. The van der Waals surface area contributed by atoms with E-state index in [4.69, 9.17) is 11.0 Å². The first-order valence-electron chi connectivity index (χ1n) is 6.18. The van der Waals surface area contributed by atoms with Gasteiger partial charge in [0.2, 0.25) is 5.91 Å².